The van der Waals surface area contributed by atoms with Crippen molar-refractivity contribution in [2.75, 3.05) is 5.32 Å². The minimum absolute atomic E-state index is 0.210. The summed E-state index contributed by atoms with van der Waals surface area (Å²) in [7, 11) is 0. The van der Waals surface area contributed by atoms with Crippen molar-refractivity contribution in [3.8, 4) is 0 Å². The molecule has 1 amide bonds. The maximum absolute atomic E-state index is 14.1. The van der Waals surface area contributed by atoms with E-state index in [2.05, 4.69) is 10.3 Å². The maximum atomic E-state index is 14.1. The number of carbonyl (C=O) groups is 1. The highest BCUT2D eigenvalue weighted by Crippen LogP contribution is 2.22. The lowest BCUT2D eigenvalue weighted by atomic mass is 10.0. The molecule has 2 aromatic carbocycles. The molecule has 1 aliphatic rings. The minimum atomic E-state index is -0.278. The van der Waals surface area contributed by atoms with E-state index in [1.54, 1.807) is 25.1 Å². The summed E-state index contributed by atoms with van der Waals surface area (Å²) in [5.41, 5.74) is 2.86. The second-order valence-electron chi connectivity index (χ2n) is 5.16. The van der Waals surface area contributed by atoms with Crippen molar-refractivity contribution in [1.29, 1.82) is 0 Å². The Morgan fingerprint density at radius 1 is 1.14 bits per heavy atom. The predicted molar refractivity (Wildman–Crippen MR) is 85.4 cm³/mol. The van der Waals surface area contributed by atoms with E-state index in [9.17, 15) is 9.18 Å². The fraction of sp³-hybridized carbons (Fsp3) is 0.111. The summed E-state index contributed by atoms with van der Waals surface area (Å²) in [6.45, 7) is 1.71. The third-order valence-corrected chi connectivity index (χ3v) is 3.56. The van der Waals surface area contributed by atoms with Crippen molar-refractivity contribution in [3.63, 3.8) is 0 Å². The zero-order valence-electron chi connectivity index (χ0n) is 12.1. The van der Waals surface area contributed by atoms with Gasteiger partial charge in [-0.1, -0.05) is 36.4 Å². The van der Waals surface area contributed by atoms with Crippen molar-refractivity contribution in [2.24, 2.45) is 4.99 Å². The van der Waals surface area contributed by atoms with Gasteiger partial charge < -0.3 is 5.32 Å². The van der Waals surface area contributed by atoms with Crippen LogP contribution in [0.5, 0.6) is 0 Å². The molecule has 0 saturated carbocycles. The zero-order valence-corrected chi connectivity index (χ0v) is 12.1. The Labute approximate surface area is 128 Å². The number of halogens is 1. The fourth-order valence-electron chi connectivity index (χ4n) is 2.33. The number of rotatable bonds is 3. The second-order valence-corrected chi connectivity index (χ2v) is 5.16. The number of nitrogens with one attached hydrogen (secondary N) is 1. The molecular weight excluding hydrogens is 279 g/mol. The van der Waals surface area contributed by atoms with Crippen LogP contribution in [0.15, 0.2) is 65.3 Å². The largest absolute Gasteiger partial charge is 0.322 e. The Balaban J connectivity index is 1.71. The molecule has 0 unspecified atom stereocenters. The summed E-state index contributed by atoms with van der Waals surface area (Å²) in [4.78, 5) is 16.4. The van der Waals surface area contributed by atoms with Crippen LogP contribution in [-0.4, -0.2) is 11.6 Å². The lowest BCUT2D eigenvalue weighted by Gasteiger charge is -2.07. The third-order valence-electron chi connectivity index (χ3n) is 3.56. The molecule has 22 heavy (non-hydrogen) atoms. The summed E-state index contributed by atoms with van der Waals surface area (Å²) in [5.74, 6) is -0.489. The zero-order chi connectivity index (χ0) is 15.5. The molecule has 110 valence electrons. The molecule has 0 fully saturated rings. The van der Waals surface area contributed by atoms with Crippen LogP contribution in [0.1, 0.15) is 17.5 Å². The fourth-order valence-corrected chi connectivity index (χ4v) is 2.33. The topological polar surface area (TPSA) is 41.5 Å². The van der Waals surface area contributed by atoms with E-state index >= 15 is 0 Å². The van der Waals surface area contributed by atoms with E-state index in [0.29, 0.717) is 28.8 Å². The molecular formula is C18H15FN2O. The molecule has 0 bridgehead atoms. The lowest BCUT2D eigenvalue weighted by Crippen LogP contribution is -2.15. The SMILES string of the molecule is Cc1cccc(C2=NC=C(C(=O)Nc3ccccc3)C2)c1F. The number of aliphatic imine (C=N–C) groups is 1. The Hall–Kier alpha value is -2.75. The van der Waals surface area contributed by atoms with Gasteiger partial charge >= 0.3 is 0 Å². The van der Waals surface area contributed by atoms with Crippen molar-refractivity contribution in [1.82, 2.24) is 0 Å². The molecule has 2 aromatic rings. The number of amides is 1. The van der Waals surface area contributed by atoms with Crippen LogP contribution in [-0.2, 0) is 4.79 Å². The van der Waals surface area contributed by atoms with Gasteiger partial charge in [0, 0.05) is 29.4 Å². The molecule has 0 saturated heterocycles. The number of anilines is 1. The maximum Gasteiger partial charge on any atom is 0.253 e. The van der Waals surface area contributed by atoms with Crippen LogP contribution in [0.25, 0.3) is 0 Å². The van der Waals surface area contributed by atoms with Crippen LogP contribution in [0, 0.1) is 12.7 Å². The third kappa shape index (κ3) is 2.81. The van der Waals surface area contributed by atoms with E-state index in [1.807, 2.05) is 30.3 Å². The van der Waals surface area contributed by atoms with E-state index in [4.69, 9.17) is 0 Å². The van der Waals surface area contributed by atoms with Gasteiger partial charge in [0.1, 0.15) is 5.82 Å². The first kappa shape index (κ1) is 14.2. The van der Waals surface area contributed by atoms with Crippen LogP contribution in [0.4, 0.5) is 10.1 Å². The average molecular weight is 294 g/mol. The van der Waals surface area contributed by atoms with Gasteiger partial charge in [-0.05, 0) is 24.6 Å². The Bertz CT molecular complexity index is 779. The second kappa shape index (κ2) is 5.93. The normalized spacial score (nSPS) is 13.5. The number of aryl methyl sites for hydroxylation is 1. The monoisotopic (exact) mass is 294 g/mol. The minimum Gasteiger partial charge on any atom is -0.322 e. The molecule has 1 heterocycles. The molecule has 4 heteroatoms. The van der Waals surface area contributed by atoms with Crippen LogP contribution in [0.3, 0.4) is 0 Å². The number of carbonyl (C=O) groups excluding carboxylic acids is 1. The Morgan fingerprint density at radius 2 is 1.91 bits per heavy atom. The molecule has 3 nitrogen and oxygen atoms in total. The molecule has 0 radical (unpaired) electrons. The van der Waals surface area contributed by atoms with Crippen LogP contribution in [0.2, 0.25) is 0 Å². The van der Waals surface area contributed by atoms with Crippen LogP contribution >= 0.6 is 0 Å². The van der Waals surface area contributed by atoms with Crippen molar-refractivity contribution in [3.05, 3.63) is 77.2 Å². The van der Waals surface area contributed by atoms with Gasteiger partial charge in [-0.15, -0.1) is 0 Å². The highest BCUT2D eigenvalue weighted by atomic mass is 19.1. The first-order valence-corrected chi connectivity index (χ1v) is 7.03. The van der Waals surface area contributed by atoms with Crippen molar-refractivity contribution in [2.45, 2.75) is 13.3 Å². The number of hydrogen-bond donors (Lipinski definition) is 1. The average Bonchev–Trinajstić information content (AvgIpc) is 3.01. The molecule has 0 aliphatic carbocycles. The van der Waals surface area contributed by atoms with Crippen molar-refractivity contribution < 1.29 is 9.18 Å². The predicted octanol–water partition coefficient (Wildman–Crippen LogP) is 3.85. The highest BCUT2D eigenvalue weighted by Gasteiger charge is 2.21. The molecule has 0 spiro atoms. The first-order valence-electron chi connectivity index (χ1n) is 7.03. The molecule has 0 aromatic heterocycles. The number of para-hydroxylation sites is 1. The molecule has 0 atom stereocenters. The smallest absolute Gasteiger partial charge is 0.253 e. The van der Waals surface area contributed by atoms with Gasteiger partial charge in [0.2, 0.25) is 0 Å². The van der Waals surface area contributed by atoms with Crippen LogP contribution < -0.4 is 5.32 Å². The molecule has 1 N–H and O–H groups in total. The molecule has 3 rings (SSSR count). The highest BCUT2D eigenvalue weighted by molar-refractivity contribution is 6.13. The van der Waals surface area contributed by atoms with E-state index in [-0.39, 0.29) is 11.7 Å². The molecule has 1 aliphatic heterocycles. The summed E-state index contributed by atoms with van der Waals surface area (Å²) in [6.07, 6.45) is 1.84. The van der Waals surface area contributed by atoms with Gasteiger partial charge in [-0.25, -0.2) is 4.39 Å². The van der Waals surface area contributed by atoms with Gasteiger partial charge in [-0.3, -0.25) is 9.79 Å². The van der Waals surface area contributed by atoms with E-state index < -0.39 is 0 Å². The summed E-state index contributed by atoms with van der Waals surface area (Å²) < 4.78 is 14.1. The number of hydrogen-bond acceptors (Lipinski definition) is 2. The van der Waals surface area contributed by atoms with Crippen molar-refractivity contribution >= 4 is 17.3 Å². The Kier molecular flexibility index (Phi) is 3.83. The van der Waals surface area contributed by atoms with Gasteiger partial charge in [-0.2, -0.15) is 0 Å². The van der Waals surface area contributed by atoms with E-state index in [0.717, 1.165) is 5.69 Å². The van der Waals surface area contributed by atoms with Gasteiger partial charge in [0.15, 0.2) is 0 Å². The lowest BCUT2D eigenvalue weighted by molar-refractivity contribution is -0.112. The Morgan fingerprint density at radius 3 is 2.68 bits per heavy atom. The number of nitrogens with zero attached hydrogens (tertiary/aromatic N) is 1. The summed E-state index contributed by atoms with van der Waals surface area (Å²) in [5, 5.41) is 2.81. The van der Waals surface area contributed by atoms with E-state index in [1.165, 1.54) is 6.20 Å². The first-order chi connectivity index (χ1) is 10.6. The summed E-state index contributed by atoms with van der Waals surface area (Å²) >= 11 is 0. The quantitative estimate of drug-likeness (QED) is 0.918. The van der Waals surface area contributed by atoms with Gasteiger partial charge in [0.05, 0.1) is 5.71 Å². The summed E-state index contributed by atoms with van der Waals surface area (Å²) in [6, 6.07) is 14.4. The number of benzene rings is 2. The standard InChI is InChI=1S/C18H15FN2O/c1-12-6-5-9-15(17(12)19)16-10-13(11-20-16)18(22)21-14-7-3-2-4-8-14/h2-9,11H,10H2,1H3,(H,21,22). The van der Waals surface area contributed by atoms with Gasteiger partial charge in [0.25, 0.3) is 5.91 Å².